The zero-order valence-corrected chi connectivity index (χ0v) is 10.6. The summed E-state index contributed by atoms with van der Waals surface area (Å²) in [5, 5.41) is 2.81. The van der Waals surface area contributed by atoms with Gasteiger partial charge in [-0.05, 0) is 23.8 Å². The molecule has 0 saturated carbocycles. The van der Waals surface area contributed by atoms with E-state index in [0.717, 1.165) is 5.56 Å². The van der Waals surface area contributed by atoms with Crippen molar-refractivity contribution in [3.05, 3.63) is 53.7 Å². The van der Waals surface area contributed by atoms with E-state index in [-0.39, 0.29) is 5.91 Å². The molecule has 0 saturated heterocycles. The molecule has 0 fully saturated rings. The first-order chi connectivity index (χ1) is 9.26. The molecule has 1 aromatic heterocycles. The van der Waals surface area contributed by atoms with E-state index in [0.29, 0.717) is 23.7 Å². The van der Waals surface area contributed by atoms with Crippen molar-refractivity contribution < 1.29 is 9.53 Å². The van der Waals surface area contributed by atoms with Crippen LogP contribution in [0.5, 0.6) is 5.88 Å². The second-order valence-corrected chi connectivity index (χ2v) is 3.88. The number of carbonyl (C=O) groups is 1. The Morgan fingerprint density at radius 3 is 2.84 bits per heavy atom. The number of para-hydroxylation sites is 1. The van der Waals surface area contributed by atoms with Crippen molar-refractivity contribution in [1.82, 2.24) is 4.98 Å². The summed E-state index contributed by atoms with van der Waals surface area (Å²) in [4.78, 5) is 16.2. The molecular weight excluding hydrogens is 242 g/mol. The number of ether oxygens (including phenoxy) is 1. The van der Waals surface area contributed by atoms with Crippen LogP contribution in [-0.4, -0.2) is 18.0 Å². The lowest BCUT2D eigenvalue weighted by atomic mass is 10.1. The third-order valence-corrected chi connectivity index (χ3v) is 2.69. The summed E-state index contributed by atoms with van der Waals surface area (Å²) in [7, 11) is 1.48. The predicted molar refractivity (Wildman–Crippen MR) is 73.1 cm³/mol. The summed E-state index contributed by atoms with van der Waals surface area (Å²) in [6, 6.07) is 10.7. The van der Waals surface area contributed by atoms with Gasteiger partial charge >= 0.3 is 0 Å². The van der Waals surface area contributed by atoms with Crippen LogP contribution in [0, 0.1) is 0 Å². The molecule has 0 bridgehead atoms. The maximum absolute atomic E-state index is 12.2. The van der Waals surface area contributed by atoms with Crippen LogP contribution in [0.15, 0.2) is 42.6 Å². The van der Waals surface area contributed by atoms with Crippen LogP contribution in [0.2, 0.25) is 0 Å². The van der Waals surface area contributed by atoms with E-state index in [1.54, 1.807) is 18.3 Å². The molecule has 98 valence electrons. The number of nitrogens with two attached hydrogens (primary N) is 1. The smallest absolute Gasteiger partial charge is 0.261 e. The molecule has 5 heteroatoms. The van der Waals surface area contributed by atoms with Gasteiger partial charge in [-0.2, -0.15) is 0 Å². The van der Waals surface area contributed by atoms with E-state index in [9.17, 15) is 4.79 Å². The molecular formula is C14H15N3O2. The summed E-state index contributed by atoms with van der Waals surface area (Å²) in [6.45, 7) is 0.362. The fraction of sp³-hybridized carbons (Fsp3) is 0.143. The molecule has 2 rings (SSSR count). The average Bonchev–Trinajstić information content (AvgIpc) is 2.47. The minimum atomic E-state index is -0.272. The molecule has 0 aliphatic rings. The lowest BCUT2D eigenvalue weighted by Gasteiger charge is -2.11. The van der Waals surface area contributed by atoms with Crippen LogP contribution < -0.4 is 15.8 Å². The van der Waals surface area contributed by atoms with Crippen LogP contribution in [0.1, 0.15) is 15.9 Å². The minimum Gasteiger partial charge on any atom is -0.480 e. The van der Waals surface area contributed by atoms with E-state index in [2.05, 4.69) is 10.3 Å². The number of carbonyl (C=O) groups excluding carboxylic acids is 1. The van der Waals surface area contributed by atoms with Crippen molar-refractivity contribution in [1.29, 1.82) is 0 Å². The number of rotatable bonds is 4. The fourth-order valence-electron chi connectivity index (χ4n) is 1.74. The minimum absolute atomic E-state index is 0.272. The van der Waals surface area contributed by atoms with Gasteiger partial charge in [0.2, 0.25) is 5.88 Å². The highest BCUT2D eigenvalue weighted by Gasteiger charge is 2.13. The number of nitrogens with one attached hydrogen (secondary N) is 1. The molecule has 0 spiro atoms. The van der Waals surface area contributed by atoms with Crippen molar-refractivity contribution in [3.8, 4) is 5.88 Å². The highest BCUT2D eigenvalue weighted by Crippen LogP contribution is 2.18. The van der Waals surface area contributed by atoms with Gasteiger partial charge in [0, 0.05) is 18.4 Å². The van der Waals surface area contributed by atoms with E-state index < -0.39 is 0 Å². The van der Waals surface area contributed by atoms with Crippen LogP contribution in [0.3, 0.4) is 0 Å². The summed E-state index contributed by atoms with van der Waals surface area (Å²) < 4.78 is 5.06. The van der Waals surface area contributed by atoms with Gasteiger partial charge in [-0.25, -0.2) is 4.98 Å². The Morgan fingerprint density at radius 1 is 1.32 bits per heavy atom. The van der Waals surface area contributed by atoms with Gasteiger partial charge < -0.3 is 15.8 Å². The normalized spacial score (nSPS) is 10.0. The van der Waals surface area contributed by atoms with Gasteiger partial charge in [-0.3, -0.25) is 4.79 Å². The molecule has 19 heavy (non-hydrogen) atoms. The first kappa shape index (κ1) is 13.0. The highest BCUT2D eigenvalue weighted by atomic mass is 16.5. The second-order valence-electron chi connectivity index (χ2n) is 3.88. The van der Waals surface area contributed by atoms with Crippen LogP contribution >= 0.6 is 0 Å². The average molecular weight is 257 g/mol. The number of benzene rings is 1. The van der Waals surface area contributed by atoms with Crippen molar-refractivity contribution in [2.45, 2.75) is 6.54 Å². The van der Waals surface area contributed by atoms with Gasteiger partial charge in [0.1, 0.15) is 5.56 Å². The lowest BCUT2D eigenvalue weighted by molar-refractivity contribution is 0.102. The summed E-state index contributed by atoms with van der Waals surface area (Å²) in [5.41, 5.74) is 7.59. The number of anilines is 1. The van der Waals surface area contributed by atoms with Gasteiger partial charge in [-0.15, -0.1) is 0 Å². The van der Waals surface area contributed by atoms with Crippen LogP contribution in [0.25, 0.3) is 0 Å². The van der Waals surface area contributed by atoms with E-state index in [4.69, 9.17) is 10.5 Å². The van der Waals surface area contributed by atoms with Crippen LogP contribution in [-0.2, 0) is 6.54 Å². The molecule has 1 heterocycles. The Labute approximate surface area is 111 Å². The lowest BCUT2D eigenvalue weighted by Crippen LogP contribution is -2.15. The van der Waals surface area contributed by atoms with Gasteiger partial charge in [0.15, 0.2) is 0 Å². The molecule has 0 unspecified atom stereocenters. The summed E-state index contributed by atoms with van der Waals surface area (Å²) in [6.07, 6.45) is 1.57. The maximum Gasteiger partial charge on any atom is 0.261 e. The van der Waals surface area contributed by atoms with Gasteiger partial charge in [0.25, 0.3) is 5.91 Å². The molecule has 0 radical (unpaired) electrons. The molecule has 1 aromatic carbocycles. The largest absolute Gasteiger partial charge is 0.480 e. The van der Waals surface area contributed by atoms with E-state index >= 15 is 0 Å². The number of hydrogen-bond acceptors (Lipinski definition) is 4. The first-order valence-electron chi connectivity index (χ1n) is 5.84. The summed E-state index contributed by atoms with van der Waals surface area (Å²) in [5.74, 6) is 0.0241. The Kier molecular flexibility index (Phi) is 4.10. The molecule has 3 N–H and O–H groups in total. The molecule has 0 aliphatic carbocycles. The number of methoxy groups -OCH3 is 1. The number of aromatic nitrogens is 1. The van der Waals surface area contributed by atoms with Crippen molar-refractivity contribution in [3.63, 3.8) is 0 Å². The monoisotopic (exact) mass is 257 g/mol. The quantitative estimate of drug-likeness (QED) is 0.875. The zero-order chi connectivity index (χ0) is 13.7. The van der Waals surface area contributed by atoms with E-state index in [1.165, 1.54) is 7.11 Å². The fourth-order valence-corrected chi connectivity index (χ4v) is 1.74. The molecule has 2 aromatic rings. The zero-order valence-electron chi connectivity index (χ0n) is 10.6. The van der Waals surface area contributed by atoms with E-state index in [1.807, 2.05) is 24.3 Å². The van der Waals surface area contributed by atoms with Crippen molar-refractivity contribution in [2.75, 3.05) is 12.4 Å². The van der Waals surface area contributed by atoms with Gasteiger partial charge in [-0.1, -0.05) is 18.2 Å². The highest BCUT2D eigenvalue weighted by molar-refractivity contribution is 6.06. The van der Waals surface area contributed by atoms with Crippen molar-refractivity contribution >= 4 is 11.6 Å². The Hall–Kier alpha value is -2.40. The SMILES string of the molecule is COc1ncccc1C(=O)Nc1ccccc1CN. The Morgan fingerprint density at radius 2 is 2.11 bits per heavy atom. The Bertz CT molecular complexity index is 584. The van der Waals surface area contributed by atoms with Crippen molar-refractivity contribution in [2.24, 2.45) is 5.73 Å². The summed E-state index contributed by atoms with van der Waals surface area (Å²) >= 11 is 0. The maximum atomic E-state index is 12.2. The van der Waals surface area contributed by atoms with Crippen LogP contribution in [0.4, 0.5) is 5.69 Å². The molecule has 1 amide bonds. The third kappa shape index (κ3) is 2.89. The second kappa shape index (κ2) is 5.97. The number of hydrogen-bond donors (Lipinski definition) is 2. The Balaban J connectivity index is 2.26. The third-order valence-electron chi connectivity index (χ3n) is 2.69. The number of nitrogens with zero attached hydrogens (tertiary/aromatic N) is 1. The predicted octanol–water partition coefficient (Wildman–Crippen LogP) is 1.80. The topological polar surface area (TPSA) is 77.2 Å². The first-order valence-corrected chi connectivity index (χ1v) is 5.84. The van der Waals surface area contributed by atoms with Gasteiger partial charge in [0.05, 0.1) is 7.11 Å². The molecule has 0 aliphatic heterocycles. The number of pyridine rings is 1. The molecule has 5 nitrogen and oxygen atoms in total. The number of amides is 1. The molecule has 0 atom stereocenters. The standard InChI is InChI=1S/C14H15N3O2/c1-19-14-11(6-4-8-16-14)13(18)17-12-7-3-2-5-10(12)9-15/h2-8H,9,15H2,1H3,(H,17,18).